The third-order valence-corrected chi connectivity index (χ3v) is 6.83. The number of alkyl halides is 3. The molecule has 1 fully saturated rings. The molecule has 1 aliphatic heterocycles. The number of hydrogen-bond acceptors (Lipinski definition) is 8. The molecule has 0 aliphatic carbocycles. The number of hydrogen-bond donors (Lipinski definition) is 0. The Morgan fingerprint density at radius 1 is 0.976 bits per heavy atom. The van der Waals surface area contributed by atoms with Crippen LogP contribution < -0.4 is 9.47 Å². The number of rotatable bonds is 10. The standard InChI is InChI=1S/C29H28F3N5O5/c1-35-25-13-24(42-27-15-33-22(14-34-27)17-40-19-38)7-4-21(25)12-26(35)28(39)37-10-8-36(9-11-37)16-20-2-5-23(6-3-20)41-18-29(30,31)32/h2-7,12-15,19H,8-11,16-18H2,1H3. The first-order chi connectivity index (χ1) is 20.2. The molecule has 220 valence electrons. The Morgan fingerprint density at radius 2 is 1.71 bits per heavy atom. The highest BCUT2D eigenvalue weighted by atomic mass is 19.4. The van der Waals surface area contributed by atoms with Crippen molar-refractivity contribution in [2.24, 2.45) is 7.05 Å². The predicted octanol–water partition coefficient (Wildman–Crippen LogP) is 4.33. The van der Waals surface area contributed by atoms with Gasteiger partial charge in [-0.05, 0) is 35.9 Å². The average molecular weight is 584 g/mol. The van der Waals surface area contributed by atoms with Gasteiger partial charge in [0.05, 0.1) is 23.6 Å². The molecule has 0 unspecified atom stereocenters. The number of aryl methyl sites for hydroxylation is 1. The molecule has 0 N–H and O–H groups in total. The molecule has 0 atom stereocenters. The van der Waals surface area contributed by atoms with Gasteiger partial charge < -0.3 is 23.7 Å². The van der Waals surface area contributed by atoms with Crippen molar-refractivity contribution in [3.8, 4) is 17.4 Å². The van der Waals surface area contributed by atoms with Gasteiger partial charge in [0.1, 0.15) is 23.8 Å². The van der Waals surface area contributed by atoms with E-state index >= 15 is 0 Å². The van der Waals surface area contributed by atoms with Gasteiger partial charge in [0, 0.05) is 51.2 Å². The minimum atomic E-state index is -4.38. The number of benzene rings is 2. The molecule has 4 aromatic rings. The van der Waals surface area contributed by atoms with E-state index in [9.17, 15) is 22.8 Å². The maximum absolute atomic E-state index is 13.4. The first-order valence-corrected chi connectivity index (χ1v) is 13.1. The van der Waals surface area contributed by atoms with Gasteiger partial charge in [-0.1, -0.05) is 12.1 Å². The van der Waals surface area contributed by atoms with Gasteiger partial charge in [-0.2, -0.15) is 13.2 Å². The molecule has 0 radical (unpaired) electrons. The molecule has 13 heteroatoms. The van der Waals surface area contributed by atoms with Gasteiger partial charge in [-0.15, -0.1) is 0 Å². The van der Waals surface area contributed by atoms with Gasteiger partial charge in [-0.25, -0.2) is 4.98 Å². The Bertz CT molecular complexity index is 1530. The average Bonchev–Trinajstić information content (AvgIpc) is 3.31. The van der Waals surface area contributed by atoms with E-state index in [2.05, 4.69) is 19.6 Å². The molecule has 1 saturated heterocycles. The Labute approximate surface area is 239 Å². The normalized spacial score (nSPS) is 14.1. The topological polar surface area (TPSA) is 99.0 Å². The van der Waals surface area contributed by atoms with Crippen LogP contribution in [-0.4, -0.2) is 75.7 Å². The molecule has 10 nitrogen and oxygen atoms in total. The lowest BCUT2D eigenvalue weighted by atomic mass is 10.2. The number of ether oxygens (including phenoxy) is 3. The number of fused-ring (bicyclic) bond motifs is 1. The van der Waals surface area contributed by atoms with Gasteiger partial charge in [0.2, 0.25) is 5.88 Å². The summed E-state index contributed by atoms with van der Waals surface area (Å²) in [6.07, 6.45) is -1.47. The minimum Gasteiger partial charge on any atom is -0.484 e. The number of piperazine rings is 1. The quantitative estimate of drug-likeness (QED) is 0.255. The molecule has 5 rings (SSSR count). The largest absolute Gasteiger partial charge is 0.484 e. The first-order valence-electron chi connectivity index (χ1n) is 13.1. The van der Waals surface area contributed by atoms with E-state index < -0.39 is 12.8 Å². The number of halogens is 3. The second kappa shape index (κ2) is 12.5. The van der Waals surface area contributed by atoms with Crippen LogP contribution >= 0.6 is 0 Å². The Kier molecular flexibility index (Phi) is 8.57. The van der Waals surface area contributed by atoms with Crippen molar-refractivity contribution in [3.05, 3.63) is 77.9 Å². The fraction of sp³-hybridized carbons (Fsp3) is 0.310. The van der Waals surface area contributed by atoms with Crippen LogP contribution in [0.15, 0.2) is 60.9 Å². The lowest BCUT2D eigenvalue weighted by Gasteiger charge is -2.34. The minimum absolute atomic E-state index is 0.0263. The van der Waals surface area contributed by atoms with E-state index in [0.717, 1.165) is 16.5 Å². The van der Waals surface area contributed by atoms with Crippen LogP contribution in [0.25, 0.3) is 10.9 Å². The smallest absolute Gasteiger partial charge is 0.422 e. The Hall–Kier alpha value is -4.65. The molecule has 0 saturated carbocycles. The van der Waals surface area contributed by atoms with Gasteiger partial charge in [-0.3, -0.25) is 19.5 Å². The number of aromatic nitrogens is 3. The second-order valence-corrected chi connectivity index (χ2v) is 9.78. The summed E-state index contributed by atoms with van der Waals surface area (Å²) in [5.41, 5.74) is 2.82. The Morgan fingerprint density at radius 3 is 2.38 bits per heavy atom. The third-order valence-electron chi connectivity index (χ3n) is 6.83. The first kappa shape index (κ1) is 28.9. The van der Waals surface area contributed by atoms with Crippen LogP contribution in [-0.2, 0) is 29.7 Å². The molecule has 0 spiro atoms. The molecule has 2 aromatic heterocycles. The van der Waals surface area contributed by atoms with Crippen molar-refractivity contribution in [3.63, 3.8) is 0 Å². The zero-order valence-electron chi connectivity index (χ0n) is 22.7. The van der Waals surface area contributed by atoms with Crippen LogP contribution in [0.4, 0.5) is 13.2 Å². The summed E-state index contributed by atoms with van der Waals surface area (Å²) in [7, 11) is 1.83. The second-order valence-electron chi connectivity index (χ2n) is 9.78. The molecule has 1 amide bonds. The molecule has 0 bridgehead atoms. The van der Waals surface area contributed by atoms with E-state index in [1.807, 2.05) is 34.7 Å². The zero-order chi connectivity index (χ0) is 29.7. The van der Waals surface area contributed by atoms with Gasteiger partial charge in [0.15, 0.2) is 6.61 Å². The van der Waals surface area contributed by atoms with E-state index in [-0.39, 0.29) is 24.1 Å². The fourth-order valence-corrected chi connectivity index (χ4v) is 4.67. The molecular formula is C29H28F3N5O5. The maximum atomic E-state index is 13.4. The summed E-state index contributed by atoms with van der Waals surface area (Å²) in [5.74, 6) is 0.909. The third kappa shape index (κ3) is 7.16. The highest BCUT2D eigenvalue weighted by Gasteiger charge is 2.28. The van der Waals surface area contributed by atoms with Crippen LogP contribution in [0.2, 0.25) is 0 Å². The van der Waals surface area contributed by atoms with Crippen LogP contribution in [0.1, 0.15) is 21.7 Å². The van der Waals surface area contributed by atoms with Crippen molar-refractivity contribution in [1.82, 2.24) is 24.3 Å². The summed E-state index contributed by atoms with van der Waals surface area (Å²) >= 11 is 0. The highest BCUT2D eigenvalue weighted by Crippen LogP contribution is 2.27. The summed E-state index contributed by atoms with van der Waals surface area (Å²) in [6, 6.07) is 13.9. The van der Waals surface area contributed by atoms with E-state index in [1.54, 1.807) is 18.2 Å². The van der Waals surface area contributed by atoms with Crippen LogP contribution in [0.3, 0.4) is 0 Å². The zero-order valence-corrected chi connectivity index (χ0v) is 22.7. The number of carbonyl (C=O) groups is 2. The van der Waals surface area contributed by atoms with Crippen molar-refractivity contribution >= 4 is 23.3 Å². The van der Waals surface area contributed by atoms with Crippen molar-refractivity contribution < 1.29 is 37.0 Å². The van der Waals surface area contributed by atoms with Crippen LogP contribution in [0.5, 0.6) is 17.4 Å². The van der Waals surface area contributed by atoms with E-state index in [0.29, 0.717) is 56.3 Å². The Balaban J connectivity index is 1.17. The van der Waals surface area contributed by atoms with Crippen molar-refractivity contribution in [1.29, 1.82) is 0 Å². The lowest BCUT2D eigenvalue weighted by molar-refractivity contribution is -0.153. The SMILES string of the molecule is Cn1c(C(=O)N2CCN(Cc3ccc(OCC(F)(F)F)cc3)CC2)cc2ccc(Oc3cnc(COC=O)cn3)cc21. The molecule has 3 heterocycles. The highest BCUT2D eigenvalue weighted by molar-refractivity contribution is 5.99. The van der Waals surface area contributed by atoms with Crippen molar-refractivity contribution in [2.45, 2.75) is 19.3 Å². The van der Waals surface area contributed by atoms with Gasteiger partial charge >= 0.3 is 6.18 Å². The lowest BCUT2D eigenvalue weighted by Crippen LogP contribution is -2.48. The summed E-state index contributed by atoms with van der Waals surface area (Å²) in [6.45, 7) is 2.11. The number of nitrogens with zero attached hydrogens (tertiary/aromatic N) is 5. The number of carbonyl (C=O) groups excluding carboxylic acids is 2. The van der Waals surface area contributed by atoms with E-state index in [4.69, 9.17) is 9.47 Å². The van der Waals surface area contributed by atoms with Crippen molar-refractivity contribution in [2.75, 3.05) is 32.8 Å². The maximum Gasteiger partial charge on any atom is 0.422 e. The van der Waals surface area contributed by atoms with Crippen LogP contribution in [0, 0.1) is 0 Å². The monoisotopic (exact) mass is 583 g/mol. The molecule has 2 aromatic carbocycles. The van der Waals surface area contributed by atoms with Gasteiger partial charge in [0.25, 0.3) is 12.4 Å². The molecule has 42 heavy (non-hydrogen) atoms. The molecular weight excluding hydrogens is 555 g/mol. The predicted molar refractivity (Wildman–Crippen MR) is 145 cm³/mol. The number of amides is 1. The van der Waals surface area contributed by atoms with E-state index in [1.165, 1.54) is 24.5 Å². The summed E-state index contributed by atoms with van der Waals surface area (Å²) in [4.78, 5) is 36.1. The fourth-order valence-electron chi connectivity index (χ4n) is 4.67. The molecule has 1 aliphatic rings. The summed E-state index contributed by atoms with van der Waals surface area (Å²) in [5, 5.41) is 0.891. The summed E-state index contributed by atoms with van der Waals surface area (Å²) < 4.78 is 54.1.